The second-order valence-electron chi connectivity index (χ2n) is 6.47. The minimum absolute atomic E-state index is 0.354. The van der Waals surface area contributed by atoms with E-state index >= 15 is 0 Å². The zero-order chi connectivity index (χ0) is 18.0. The average molecular weight is 346 g/mol. The van der Waals surface area contributed by atoms with Gasteiger partial charge in [-0.2, -0.15) is 0 Å². The van der Waals surface area contributed by atoms with Crippen molar-refractivity contribution in [2.45, 2.75) is 25.4 Å². The second kappa shape index (κ2) is 7.19. The predicted octanol–water partition coefficient (Wildman–Crippen LogP) is 3.51. The number of benzene rings is 2. The van der Waals surface area contributed by atoms with Crippen LogP contribution in [-0.4, -0.2) is 35.2 Å². The van der Waals surface area contributed by atoms with Gasteiger partial charge in [0.05, 0.1) is 6.04 Å². The fourth-order valence-electron chi connectivity index (χ4n) is 3.44. The van der Waals surface area contributed by atoms with Gasteiger partial charge >= 0.3 is 6.09 Å². The smallest absolute Gasteiger partial charge is 0.404 e. The minimum Gasteiger partial charge on any atom is -0.465 e. The van der Waals surface area contributed by atoms with E-state index in [2.05, 4.69) is 10.2 Å². The first-order chi connectivity index (χ1) is 11.9. The Morgan fingerprint density at radius 2 is 1.92 bits per heavy atom. The molecule has 132 valence electrons. The SMILES string of the molecule is Cc1cc([C@@H]2CN(Cc3ccccc3)C[C@H]2NC(=O)O)c(F)cc1F. The van der Waals surface area contributed by atoms with Gasteiger partial charge in [-0.25, -0.2) is 13.6 Å². The number of carbonyl (C=O) groups is 1. The van der Waals surface area contributed by atoms with Gasteiger partial charge in [0, 0.05) is 31.6 Å². The molecule has 1 heterocycles. The van der Waals surface area contributed by atoms with Crippen LogP contribution in [0.5, 0.6) is 0 Å². The van der Waals surface area contributed by atoms with E-state index in [1.807, 2.05) is 30.3 Å². The molecule has 1 aliphatic rings. The van der Waals surface area contributed by atoms with Crippen LogP contribution in [0.15, 0.2) is 42.5 Å². The lowest BCUT2D eigenvalue weighted by atomic mass is 9.92. The summed E-state index contributed by atoms with van der Waals surface area (Å²) in [6.45, 7) is 3.20. The largest absolute Gasteiger partial charge is 0.465 e. The molecule has 0 saturated carbocycles. The van der Waals surface area contributed by atoms with Crippen molar-refractivity contribution in [2.75, 3.05) is 13.1 Å². The van der Waals surface area contributed by atoms with Crippen molar-refractivity contribution in [1.29, 1.82) is 0 Å². The van der Waals surface area contributed by atoms with Crippen LogP contribution < -0.4 is 5.32 Å². The number of nitrogens with one attached hydrogen (secondary N) is 1. The fraction of sp³-hybridized carbons (Fsp3) is 0.316. The number of hydrogen-bond acceptors (Lipinski definition) is 2. The van der Waals surface area contributed by atoms with Crippen molar-refractivity contribution in [1.82, 2.24) is 10.2 Å². The van der Waals surface area contributed by atoms with Crippen molar-refractivity contribution >= 4 is 6.09 Å². The van der Waals surface area contributed by atoms with E-state index in [1.165, 1.54) is 6.07 Å². The third-order valence-electron chi connectivity index (χ3n) is 4.63. The Bertz CT molecular complexity index is 768. The van der Waals surface area contributed by atoms with Crippen molar-refractivity contribution < 1.29 is 18.7 Å². The molecule has 1 aliphatic heterocycles. The third-order valence-corrected chi connectivity index (χ3v) is 4.63. The van der Waals surface area contributed by atoms with Gasteiger partial charge in [0.15, 0.2) is 0 Å². The van der Waals surface area contributed by atoms with Gasteiger partial charge in [0.25, 0.3) is 0 Å². The van der Waals surface area contributed by atoms with Crippen LogP contribution in [0, 0.1) is 18.6 Å². The van der Waals surface area contributed by atoms with E-state index in [0.29, 0.717) is 30.8 Å². The van der Waals surface area contributed by atoms with Crippen LogP contribution in [-0.2, 0) is 6.54 Å². The molecule has 1 amide bonds. The quantitative estimate of drug-likeness (QED) is 0.891. The number of aryl methyl sites for hydroxylation is 1. The van der Waals surface area contributed by atoms with Crippen molar-refractivity contribution in [2.24, 2.45) is 0 Å². The van der Waals surface area contributed by atoms with E-state index in [1.54, 1.807) is 6.92 Å². The molecule has 0 spiro atoms. The summed E-state index contributed by atoms with van der Waals surface area (Å²) in [5.74, 6) is -1.59. The van der Waals surface area contributed by atoms with Gasteiger partial charge < -0.3 is 10.4 Å². The molecule has 2 aromatic carbocycles. The van der Waals surface area contributed by atoms with Crippen LogP contribution in [0.1, 0.15) is 22.6 Å². The summed E-state index contributed by atoms with van der Waals surface area (Å²) in [6, 6.07) is 11.7. The maximum absolute atomic E-state index is 14.3. The highest BCUT2D eigenvalue weighted by atomic mass is 19.1. The molecular weight excluding hydrogens is 326 g/mol. The first-order valence-corrected chi connectivity index (χ1v) is 8.15. The Kier molecular flexibility index (Phi) is 4.99. The van der Waals surface area contributed by atoms with E-state index in [9.17, 15) is 13.6 Å². The molecule has 2 aromatic rings. The van der Waals surface area contributed by atoms with Gasteiger partial charge in [-0.05, 0) is 29.7 Å². The van der Waals surface area contributed by atoms with Crippen LogP contribution in [0.4, 0.5) is 13.6 Å². The Balaban J connectivity index is 1.85. The molecular formula is C19H20F2N2O2. The van der Waals surface area contributed by atoms with Gasteiger partial charge in [-0.15, -0.1) is 0 Å². The minimum atomic E-state index is -1.14. The van der Waals surface area contributed by atoms with Crippen LogP contribution >= 0.6 is 0 Å². The molecule has 2 atom stereocenters. The molecule has 0 aromatic heterocycles. The molecule has 1 saturated heterocycles. The zero-order valence-electron chi connectivity index (χ0n) is 13.9. The summed E-state index contributed by atoms with van der Waals surface area (Å²) >= 11 is 0. The van der Waals surface area contributed by atoms with Crippen molar-refractivity contribution in [3.63, 3.8) is 0 Å². The highest BCUT2D eigenvalue weighted by Gasteiger charge is 2.36. The molecule has 2 N–H and O–H groups in total. The summed E-state index contributed by atoms with van der Waals surface area (Å²) < 4.78 is 27.9. The number of likely N-dealkylation sites (tertiary alicyclic amines) is 1. The van der Waals surface area contributed by atoms with Crippen molar-refractivity contribution in [3.05, 3.63) is 70.8 Å². The monoisotopic (exact) mass is 346 g/mol. The fourth-order valence-corrected chi connectivity index (χ4v) is 3.44. The van der Waals surface area contributed by atoms with Gasteiger partial charge in [-0.1, -0.05) is 30.3 Å². The molecule has 0 bridgehead atoms. The lowest BCUT2D eigenvalue weighted by Gasteiger charge is -2.20. The van der Waals surface area contributed by atoms with E-state index in [4.69, 9.17) is 5.11 Å². The van der Waals surface area contributed by atoms with E-state index in [0.717, 1.165) is 11.6 Å². The van der Waals surface area contributed by atoms with Gasteiger partial charge in [-0.3, -0.25) is 4.90 Å². The average Bonchev–Trinajstić information content (AvgIpc) is 2.93. The number of halogens is 2. The summed E-state index contributed by atoms with van der Waals surface area (Å²) in [5, 5.41) is 11.6. The lowest BCUT2D eigenvalue weighted by molar-refractivity contribution is 0.188. The Morgan fingerprint density at radius 3 is 2.60 bits per heavy atom. The normalized spacial score (nSPS) is 20.6. The molecule has 6 heteroatoms. The molecule has 0 radical (unpaired) electrons. The standard InChI is InChI=1S/C19H20F2N2O2/c1-12-7-14(17(21)8-16(12)20)15-10-23(11-18(15)22-19(24)25)9-13-5-3-2-4-6-13/h2-8,15,18,22H,9-11H2,1H3,(H,24,25)/t15-,18+/m0/s1. The molecule has 25 heavy (non-hydrogen) atoms. The molecule has 4 nitrogen and oxygen atoms in total. The zero-order valence-corrected chi connectivity index (χ0v) is 13.9. The van der Waals surface area contributed by atoms with Gasteiger partial charge in [0.1, 0.15) is 11.6 Å². The number of carboxylic acid groups (broad SMARTS) is 1. The lowest BCUT2D eigenvalue weighted by Crippen LogP contribution is -2.39. The van der Waals surface area contributed by atoms with Gasteiger partial charge in [0.2, 0.25) is 0 Å². The van der Waals surface area contributed by atoms with Crippen LogP contribution in [0.3, 0.4) is 0 Å². The van der Waals surface area contributed by atoms with E-state index < -0.39 is 23.8 Å². The number of amides is 1. The summed E-state index contributed by atoms with van der Waals surface area (Å²) in [6.07, 6.45) is -1.14. The summed E-state index contributed by atoms with van der Waals surface area (Å²) in [4.78, 5) is 13.2. The summed E-state index contributed by atoms with van der Waals surface area (Å²) in [5.41, 5.74) is 1.81. The van der Waals surface area contributed by atoms with Crippen LogP contribution in [0.2, 0.25) is 0 Å². The Hall–Kier alpha value is -2.47. The predicted molar refractivity (Wildman–Crippen MR) is 90.5 cm³/mol. The Labute approximate surface area is 145 Å². The first-order valence-electron chi connectivity index (χ1n) is 8.15. The maximum Gasteiger partial charge on any atom is 0.404 e. The topological polar surface area (TPSA) is 52.6 Å². The maximum atomic E-state index is 14.3. The van der Waals surface area contributed by atoms with Crippen LogP contribution in [0.25, 0.3) is 0 Å². The number of nitrogens with zero attached hydrogens (tertiary/aromatic N) is 1. The number of hydrogen-bond donors (Lipinski definition) is 2. The number of rotatable bonds is 4. The Morgan fingerprint density at radius 1 is 1.20 bits per heavy atom. The highest BCUT2D eigenvalue weighted by molar-refractivity contribution is 5.65. The highest BCUT2D eigenvalue weighted by Crippen LogP contribution is 2.31. The first kappa shape index (κ1) is 17.4. The molecule has 0 aliphatic carbocycles. The van der Waals surface area contributed by atoms with E-state index in [-0.39, 0.29) is 5.92 Å². The van der Waals surface area contributed by atoms with Crippen molar-refractivity contribution in [3.8, 4) is 0 Å². The molecule has 0 unspecified atom stereocenters. The second-order valence-corrected chi connectivity index (χ2v) is 6.47. The molecule has 1 fully saturated rings. The third kappa shape index (κ3) is 3.96. The summed E-state index contributed by atoms with van der Waals surface area (Å²) in [7, 11) is 0. The molecule has 3 rings (SSSR count).